The van der Waals surface area contributed by atoms with Crippen molar-refractivity contribution in [3.63, 3.8) is 0 Å². The topological polar surface area (TPSA) is 87.7 Å². The van der Waals surface area contributed by atoms with Gasteiger partial charge >= 0.3 is 6.01 Å². The van der Waals surface area contributed by atoms with Crippen molar-refractivity contribution in [3.05, 3.63) is 53.8 Å². The number of aromatic nitrogens is 2. The molecule has 0 radical (unpaired) electrons. The van der Waals surface area contributed by atoms with Crippen LogP contribution in [-0.4, -0.2) is 70.5 Å². The Morgan fingerprint density at radius 2 is 1.88 bits per heavy atom. The lowest BCUT2D eigenvalue weighted by molar-refractivity contribution is 0.107. The predicted octanol–water partition coefficient (Wildman–Crippen LogP) is 5.07. The molecule has 4 heterocycles. The average molecular weight is 568 g/mol. The van der Waals surface area contributed by atoms with E-state index in [1.54, 1.807) is 6.07 Å². The minimum absolute atomic E-state index is 0.0114. The first-order valence-electron chi connectivity index (χ1n) is 13.9. The maximum absolute atomic E-state index is 16.4. The van der Waals surface area contributed by atoms with E-state index in [4.69, 9.17) is 10.5 Å². The molecule has 3 N–H and O–H groups in total. The highest BCUT2D eigenvalue weighted by Crippen LogP contribution is 2.42. The molecule has 4 aromatic rings. The molecule has 0 aliphatic carbocycles. The largest absolute Gasteiger partial charge is 0.508 e. The van der Waals surface area contributed by atoms with E-state index in [1.807, 2.05) is 4.90 Å². The molecule has 3 aliphatic rings. The number of nitrogens with two attached hydrogens (primary N) is 1. The van der Waals surface area contributed by atoms with Gasteiger partial charge in [0.1, 0.15) is 29.9 Å². The van der Waals surface area contributed by atoms with Crippen molar-refractivity contribution in [2.75, 3.05) is 37.7 Å². The molecular formula is C30H29F4N5O2. The van der Waals surface area contributed by atoms with Crippen LogP contribution in [0.15, 0.2) is 36.4 Å². The number of phenolic OH excluding ortho intramolecular Hbond substituents is 1. The summed E-state index contributed by atoms with van der Waals surface area (Å²) in [4.78, 5) is 13.1. The van der Waals surface area contributed by atoms with Crippen LogP contribution < -0.4 is 15.4 Å². The van der Waals surface area contributed by atoms with Crippen molar-refractivity contribution >= 4 is 27.5 Å². The molecule has 3 atom stereocenters. The van der Waals surface area contributed by atoms with Gasteiger partial charge in [0.2, 0.25) is 0 Å². The fourth-order valence-corrected chi connectivity index (χ4v) is 6.86. The molecule has 3 fully saturated rings. The molecule has 7 rings (SSSR count). The Labute approximate surface area is 233 Å². The predicted molar refractivity (Wildman–Crippen MR) is 147 cm³/mol. The number of aromatic hydroxyl groups is 1. The van der Waals surface area contributed by atoms with Gasteiger partial charge in [-0.2, -0.15) is 9.97 Å². The summed E-state index contributed by atoms with van der Waals surface area (Å²) in [6.45, 7) is 2.45. The van der Waals surface area contributed by atoms with Crippen molar-refractivity contribution in [1.29, 1.82) is 0 Å². The summed E-state index contributed by atoms with van der Waals surface area (Å²) >= 11 is 0. The van der Waals surface area contributed by atoms with Gasteiger partial charge in [0.05, 0.1) is 5.54 Å². The van der Waals surface area contributed by atoms with Crippen LogP contribution in [0.4, 0.5) is 23.4 Å². The number of halogens is 4. The molecule has 0 saturated carbocycles. The molecule has 1 unspecified atom stereocenters. The van der Waals surface area contributed by atoms with Gasteiger partial charge in [0.15, 0.2) is 17.5 Å². The minimum Gasteiger partial charge on any atom is -0.508 e. The van der Waals surface area contributed by atoms with Crippen LogP contribution in [0.5, 0.6) is 11.8 Å². The Morgan fingerprint density at radius 3 is 2.68 bits per heavy atom. The standard InChI is InChI=1S/C30H29F4N5O2/c31-17-12-30(7-1-8-39(30)13-17)15-41-29-36-27-21(28(37-29)38-9-6-18(35)14-38)4-3-20(25(27)33)22-11-19(40)10-16-2-5-23(32)26(34)24(16)22/h2-5,10-11,17-18,40H,1,6-9,12-15,35H2/t17-,18?,30+/m1/s1. The van der Waals surface area contributed by atoms with E-state index in [9.17, 15) is 18.3 Å². The van der Waals surface area contributed by atoms with Crippen LogP contribution in [-0.2, 0) is 0 Å². The van der Waals surface area contributed by atoms with E-state index in [-0.39, 0.29) is 51.8 Å². The smallest absolute Gasteiger partial charge is 0.319 e. The van der Waals surface area contributed by atoms with Gasteiger partial charge < -0.3 is 20.5 Å². The highest BCUT2D eigenvalue weighted by molar-refractivity contribution is 6.01. The number of phenols is 1. The first-order chi connectivity index (χ1) is 19.7. The maximum Gasteiger partial charge on any atom is 0.319 e. The van der Waals surface area contributed by atoms with Gasteiger partial charge in [-0.25, -0.2) is 17.6 Å². The van der Waals surface area contributed by atoms with Crippen molar-refractivity contribution in [3.8, 4) is 22.9 Å². The molecule has 3 saturated heterocycles. The van der Waals surface area contributed by atoms with E-state index < -0.39 is 29.2 Å². The Balaban J connectivity index is 1.37. The SMILES string of the molecule is NC1CCN(c2nc(OC[C@@]34CCCN3C[C@H](F)C4)nc3c(F)c(-c4cc(O)cc5ccc(F)c(F)c45)ccc23)C1. The molecule has 11 heteroatoms. The third kappa shape index (κ3) is 4.33. The van der Waals surface area contributed by atoms with E-state index in [1.165, 1.54) is 24.3 Å². The molecule has 7 nitrogen and oxygen atoms in total. The molecule has 3 aliphatic heterocycles. The van der Waals surface area contributed by atoms with Crippen molar-refractivity contribution in [1.82, 2.24) is 14.9 Å². The third-order valence-electron chi connectivity index (χ3n) is 8.80. The number of hydrogen-bond acceptors (Lipinski definition) is 7. The van der Waals surface area contributed by atoms with Crippen LogP contribution in [0, 0.1) is 17.5 Å². The molecule has 41 heavy (non-hydrogen) atoms. The van der Waals surface area contributed by atoms with Gasteiger partial charge in [0.25, 0.3) is 0 Å². The first-order valence-corrected chi connectivity index (χ1v) is 13.9. The zero-order valence-corrected chi connectivity index (χ0v) is 22.2. The highest BCUT2D eigenvalue weighted by atomic mass is 19.2. The number of nitrogens with zero attached hydrogens (tertiary/aromatic N) is 4. The second-order valence-corrected chi connectivity index (χ2v) is 11.5. The Kier molecular flexibility index (Phi) is 6.20. The molecule has 0 spiro atoms. The normalized spacial score (nSPS) is 24.6. The Hall–Kier alpha value is -3.70. The summed E-state index contributed by atoms with van der Waals surface area (Å²) in [7, 11) is 0. The van der Waals surface area contributed by atoms with Crippen LogP contribution in [0.3, 0.4) is 0 Å². The average Bonchev–Trinajstić information content (AvgIpc) is 3.63. The second kappa shape index (κ2) is 9.70. The summed E-state index contributed by atoms with van der Waals surface area (Å²) in [5, 5.41) is 10.8. The molecule has 0 amide bonds. The minimum atomic E-state index is -1.14. The number of fused-ring (bicyclic) bond motifs is 3. The molecule has 3 aromatic carbocycles. The number of anilines is 1. The number of rotatable bonds is 5. The van der Waals surface area contributed by atoms with Crippen LogP contribution in [0.2, 0.25) is 0 Å². The monoisotopic (exact) mass is 567 g/mol. The van der Waals surface area contributed by atoms with Crippen LogP contribution >= 0.6 is 0 Å². The van der Waals surface area contributed by atoms with Gasteiger partial charge in [-0.1, -0.05) is 12.1 Å². The van der Waals surface area contributed by atoms with E-state index >= 15 is 4.39 Å². The van der Waals surface area contributed by atoms with Gasteiger partial charge in [-0.3, -0.25) is 4.90 Å². The maximum atomic E-state index is 16.4. The highest BCUT2D eigenvalue weighted by Gasteiger charge is 2.49. The molecule has 214 valence electrons. The first kappa shape index (κ1) is 26.2. The zero-order valence-electron chi connectivity index (χ0n) is 22.2. The van der Waals surface area contributed by atoms with Crippen molar-refractivity contribution in [2.24, 2.45) is 5.73 Å². The van der Waals surface area contributed by atoms with Crippen LogP contribution in [0.25, 0.3) is 32.8 Å². The third-order valence-corrected chi connectivity index (χ3v) is 8.80. The van der Waals surface area contributed by atoms with Crippen molar-refractivity contribution < 1.29 is 27.4 Å². The van der Waals surface area contributed by atoms with Gasteiger partial charge in [-0.15, -0.1) is 0 Å². The molecule has 0 bridgehead atoms. The van der Waals surface area contributed by atoms with Gasteiger partial charge in [0, 0.05) is 48.4 Å². The summed E-state index contributed by atoms with van der Waals surface area (Å²) < 4.78 is 66.1. The van der Waals surface area contributed by atoms with E-state index in [0.717, 1.165) is 31.9 Å². The van der Waals surface area contributed by atoms with E-state index in [2.05, 4.69) is 14.9 Å². The van der Waals surface area contributed by atoms with Crippen molar-refractivity contribution in [2.45, 2.75) is 43.4 Å². The van der Waals surface area contributed by atoms with E-state index in [0.29, 0.717) is 37.3 Å². The summed E-state index contributed by atoms with van der Waals surface area (Å²) in [5.41, 5.74) is 5.57. The lowest BCUT2D eigenvalue weighted by atomic mass is 9.95. The Bertz CT molecular complexity index is 1690. The number of hydrogen-bond donors (Lipinski definition) is 2. The Morgan fingerprint density at radius 1 is 1.02 bits per heavy atom. The summed E-state index contributed by atoms with van der Waals surface area (Å²) in [6.07, 6.45) is 1.90. The quantitative estimate of drug-likeness (QED) is 0.326. The fraction of sp³-hybridized carbons (Fsp3) is 0.400. The number of alkyl halides is 1. The molecule has 1 aromatic heterocycles. The fourth-order valence-electron chi connectivity index (χ4n) is 6.86. The number of benzene rings is 3. The molecular weight excluding hydrogens is 538 g/mol. The van der Waals surface area contributed by atoms with Crippen LogP contribution in [0.1, 0.15) is 25.7 Å². The summed E-state index contributed by atoms with van der Waals surface area (Å²) in [6, 6.07) is 7.74. The summed E-state index contributed by atoms with van der Waals surface area (Å²) in [5.74, 6) is -2.78. The lowest BCUT2D eigenvalue weighted by Crippen LogP contribution is -2.43. The second-order valence-electron chi connectivity index (χ2n) is 11.5. The zero-order chi connectivity index (χ0) is 28.5. The van der Waals surface area contributed by atoms with Gasteiger partial charge in [-0.05, 0) is 61.0 Å². The number of ether oxygens (including phenoxy) is 1. The lowest BCUT2D eigenvalue weighted by Gasteiger charge is -2.31.